The van der Waals surface area contributed by atoms with Gasteiger partial charge in [-0.05, 0) is 12.1 Å². The molecule has 12 N–H and O–H groups in total. The van der Waals surface area contributed by atoms with Crippen LogP contribution in [0.1, 0.15) is 35.0 Å². The van der Waals surface area contributed by atoms with Crippen molar-refractivity contribution in [3.63, 3.8) is 0 Å². The lowest BCUT2D eigenvalue weighted by atomic mass is 9.96. The van der Waals surface area contributed by atoms with Crippen LogP contribution in [-0.2, 0) is 33.6 Å². The van der Waals surface area contributed by atoms with Gasteiger partial charge in [-0.1, -0.05) is 31.7 Å². The minimum absolute atomic E-state index is 0. The summed E-state index contributed by atoms with van der Waals surface area (Å²) in [5.41, 5.74) is -1.95. The molecular weight excluding hydrogens is 576 g/mol. The zero-order chi connectivity index (χ0) is 32.5. The summed E-state index contributed by atoms with van der Waals surface area (Å²) < 4.78 is 0. The first-order chi connectivity index (χ1) is 18.5. The van der Waals surface area contributed by atoms with Crippen LogP contribution in [0.4, 0.5) is 0 Å². The number of para-hydroxylation sites is 1. The predicted octanol–water partition coefficient (Wildman–Crippen LogP) is 1.03. The van der Waals surface area contributed by atoms with E-state index in [0.717, 1.165) is 5.39 Å². The summed E-state index contributed by atoms with van der Waals surface area (Å²) in [6, 6.07) is 10.7. The van der Waals surface area contributed by atoms with Crippen LogP contribution in [0.3, 0.4) is 0 Å². The largest absolute Gasteiger partial charge is 0.483 e. The molecule has 0 aliphatic rings. The average molecular weight is 613 g/mol. The zero-order valence-corrected chi connectivity index (χ0v) is 20.6. The molecule has 19 nitrogen and oxygen atoms in total. The van der Waals surface area contributed by atoms with Crippen LogP contribution in [0.2, 0.25) is 0 Å². The van der Waals surface area contributed by atoms with E-state index in [-0.39, 0.29) is 36.5 Å². The summed E-state index contributed by atoms with van der Waals surface area (Å²) in [6.07, 6.45) is 5.71. The van der Waals surface area contributed by atoms with E-state index in [9.17, 15) is 19.2 Å². The summed E-state index contributed by atoms with van der Waals surface area (Å²) in [7, 11) is 0. The SMILES string of the molecule is C.C#C.N.O=C(O)C(=O)O.O=C(O)CC(O)(CC(=O)O)C(=O)O.O=C(O)c1ccc2ccccc2n1.O=CO.O=CO.[HH].[HH].[HH]. The number of terminal acetylenes is 1. The van der Waals surface area contributed by atoms with Gasteiger partial charge in [0.25, 0.3) is 12.9 Å². The van der Waals surface area contributed by atoms with Gasteiger partial charge in [0.1, 0.15) is 5.69 Å². The molecule has 2 aromatic rings. The molecule has 0 atom stereocenters. The van der Waals surface area contributed by atoms with Gasteiger partial charge in [-0.15, -0.1) is 12.8 Å². The lowest BCUT2D eigenvalue weighted by molar-refractivity contribution is -0.170. The third-order valence-electron chi connectivity index (χ3n) is 3.29. The van der Waals surface area contributed by atoms with Gasteiger partial charge in [0.2, 0.25) is 0 Å². The standard InChI is InChI=1S/C10H7NO2.C6H8O7.C2H2O4.C2H2.2CH2O2.CH4.H3N.3H2/c12-10(13)9-6-5-7-3-1-2-4-8(7)11-9;7-3(8)1-6(13,5(11)12)2-4(9)10;3-1(4)2(5)6;1-2;2*2-1-3;;;;;/h1-6H,(H,12,13);13H,1-2H2,(H,7,8)(H,9,10)(H,11,12);(H,3,4)(H,5,6);1-2H;2*1H,(H,2,3);1H4;1H3;3*1H. The van der Waals surface area contributed by atoms with Gasteiger partial charge >= 0.3 is 35.8 Å². The van der Waals surface area contributed by atoms with Crippen LogP contribution in [0.5, 0.6) is 0 Å². The summed E-state index contributed by atoms with van der Waals surface area (Å²) in [4.78, 5) is 80.0. The Kier molecular flexibility index (Phi) is 32.5. The van der Waals surface area contributed by atoms with Crippen LogP contribution in [0.15, 0.2) is 36.4 Å². The number of aromatic nitrogens is 1. The number of aromatic carboxylic acids is 1. The van der Waals surface area contributed by atoms with E-state index in [0.29, 0.717) is 5.52 Å². The van der Waals surface area contributed by atoms with Gasteiger partial charge < -0.3 is 52.1 Å². The van der Waals surface area contributed by atoms with Crippen LogP contribution >= 0.6 is 0 Å². The van der Waals surface area contributed by atoms with E-state index in [1.54, 1.807) is 12.1 Å². The molecule has 0 spiro atoms. The highest BCUT2D eigenvalue weighted by molar-refractivity contribution is 6.27. The normalized spacial score (nSPS) is 8.17. The molecule has 0 radical (unpaired) electrons. The van der Waals surface area contributed by atoms with Crippen molar-refractivity contribution in [1.29, 1.82) is 0 Å². The summed E-state index contributed by atoms with van der Waals surface area (Å²) in [5.74, 6) is -9.66. The average Bonchev–Trinajstić information content (AvgIpc) is 2.85. The molecule has 0 saturated heterocycles. The first kappa shape index (κ1) is 48.9. The Bertz CT molecular complexity index is 1160. The van der Waals surface area contributed by atoms with Gasteiger partial charge in [-0.25, -0.2) is 24.2 Å². The molecule has 0 aliphatic heterocycles. The number of hydrogen-bond acceptors (Lipinski definition) is 11. The molecule has 1 aromatic carbocycles. The highest BCUT2D eigenvalue weighted by Crippen LogP contribution is 2.15. The molecule has 19 heteroatoms. The second-order valence-electron chi connectivity index (χ2n) is 5.99. The molecule has 240 valence electrons. The number of nitrogens with zero attached hydrogens (tertiary/aromatic N) is 1. The van der Waals surface area contributed by atoms with Crippen LogP contribution in [0, 0.1) is 12.8 Å². The lowest BCUT2D eigenvalue weighted by Gasteiger charge is -2.18. The fraction of sp³-hybridized carbons (Fsp3) is 0.174. The Morgan fingerprint density at radius 2 is 1.12 bits per heavy atom. The highest BCUT2D eigenvalue weighted by Gasteiger charge is 2.40. The monoisotopic (exact) mass is 612 g/mol. The first-order valence-electron chi connectivity index (χ1n) is 9.46. The molecule has 1 heterocycles. The van der Waals surface area contributed by atoms with Crippen LogP contribution in [0.25, 0.3) is 10.9 Å². The van der Waals surface area contributed by atoms with Crippen molar-refractivity contribution in [3.8, 4) is 12.8 Å². The smallest absolute Gasteiger partial charge is 0.414 e. The predicted molar refractivity (Wildman–Crippen MR) is 146 cm³/mol. The maximum Gasteiger partial charge on any atom is 0.414 e. The number of carbonyl (C=O) groups is 8. The molecule has 0 amide bonds. The zero-order valence-electron chi connectivity index (χ0n) is 20.6. The number of hydrogen-bond donors (Lipinski definition) is 10. The Balaban J connectivity index is -0.0000000545. The minimum Gasteiger partial charge on any atom is -0.483 e. The number of pyridine rings is 1. The molecule has 2 rings (SSSR count). The molecule has 0 aliphatic carbocycles. The van der Waals surface area contributed by atoms with Gasteiger partial charge in [0.15, 0.2) is 5.60 Å². The molecule has 1 aromatic heterocycles. The number of carboxylic acids is 6. The number of carboxylic acid groups (broad SMARTS) is 8. The summed E-state index contributed by atoms with van der Waals surface area (Å²) >= 11 is 0. The van der Waals surface area contributed by atoms with Crippen molar-refractivity contribution in [3.05, 3.63) is 42.1 Å². The molecule has 0 bridgehead atoms. The highest BCUT2D eigenvalue weighted by atomic mass is 16.4. The van der Waals surface area contributed by atoms with Gasteiger partial charge in [0.05, 0.1) is 18.4 Å². The number of aliphatic carboxylic acids is 5. The van der Waals surface area contributed by atoms with Crippen molar-refractivity contribution in [1.82, 2.24) is 11.1 Å². The number of aliphatic hydroxyl groups is 1. The Morgan fingerprint density at radius 3 is 1.40 bits per heavy atom. The molecular formula is C23H36N2O17. The van der Waals surface area contributed by atoms with Gasteiger partial charge in [-0.2, -0.15) is 0 Å². The van der Waals surface area contributed by atoms with E-state index in [4.69, 9.17) is 65.1 Å². The quantitative estimate of drug-likeness (QED) is 0.123. The van der Waals surface area contributed by atoms with Crippen molar-refractivity contribution in [2.45, 2.75) is 25.9 Å². The van der Waals surface area contributed by atoms with Crippen LogP contribution < -0.4 is 6.15 Å². The second kappa shape index (κ2) is 27.9. The third-order valence-corrected chi connectivity index (χ3v) is 3.29. The Hall–Kier alpha value is -6.13. The maximum absolute atomic E-state index is 10.6. The molecule has 0 saturated carbocycles. The van der Waals surface area contributed by atoms with E-state index < -0.39 is 54.3 Å². The van der Waals surface area contributed by atoms with E-state index in [1.165, 1.54) is 6.07 Å². The fourth-order valence-corrected chi connectivity index (χ4v) is 1.90. The van der Waals surface area contributed by atoms with Crippen molar-refractivity contribution >= 4 is 59.7 Å². The summed E-state index contributed by atoms with van der Waals surface area (Å²) in [5, 5.41) is 72.0. The van der Waals surface area contributed by atoms with E-state index in [2.05, 4.69) is 17.8 Å². The Morgan fingerprint density at radius 1 is 0.762 bits per heavy atom. The van der Waals surface area contributed by atoms with Crippen molar-refractivity contribution in [2.24, 2.45) is 0 Å². The molecule has 0 unspecified atom stereocenters. The first-order valence-corrected chi connectivity index (χ1v) is 9.46. The van der Waals surface area contributed by atoms with E-state index in [1.807, 2.05) is 18.2 Å². The minimum atomic E-state index is -2.74. The molecule has 42 heavy (non-hydrogen) atoms. The topological polar surface area (TPSA) is 367 Å². The van der Waals surface area contributed by atoms with Crippen molar-refractivity contribution < 1.29 is 88.6 Å². The van der Waals surface area contributed by atoms with Crippen molar-refractivity contribution in [2.75, 3.05) is 0 Å². The second-order valence-corrected chi connectivity index (χ2v) is 5.99. The summed E-state index contributed by atoms with van der Waals surface area (Å²) in [6.45, 7) is -0.500. The maximum atomic E-state index is 10.6. The van der Waals surface area contributed by atoms with Gasteiger partial charge in [0, 0.05) is 9.67 Å². The fourth-order valence-electron chi connectivity index (χ4n) is 1.90. The number of rotatable bonds is 6. The van der Waals surface area contributed by atoms with Gasteiger partial charge in [-0.3, -0.25) is 19.2 Å². The number of fused-ring (bicyclic) bond motifs is 1. The van der Waals surface area contributed by atoms with E-state index >= 15 is 0 Å². The Labute approximate surface area is 241 Å². The lowest BCUT2D eigenvalue weighted by Crippen LogP contribution is -2.42. The third kappa shape index (κ3) is 25.5. The molecule has 0 fully saturated rings. The number of benzene rings is 1. The van der Waals surface area contributed by atoms with Crippen LogP contribution in [-0.4, -0.2) is 105 Å².